The number of carbonyl (C=O) groups is 1. The zero-order valence-electron chi connectivity index (χ0n) is 5.79. The van der Waals surface area contributed by atoms with Crippen molar-refractivity contribution < 1.29 is 36.2 Å². The summed E-state index contributed by atoms with van der Waals surface area (Å²) in [5.74, 6) is -21.0. The van der Waals surface area contributed by atoms with Crippen LogP contribution in [0.1, 0.15) is 0 Å². The van der Waals surface area contributed by atoms with Crippen LogP contribution in [0.15, 0.2) is 0 Å². The van der Waals surface area contributed by atoms with Crippen molar-refractivity contribution in [2.45, 2.75) is 17.8 Å². The van der Waals surface area contributed by atoms with Crippen LogP contribution in [0, 0.1) is 6.92 Å². The van der Waals surface area contributed by atoms with Crippen LogP contribution in [-0.2, 0) is 9.90 Å². The van der Waals surface area contributed by atoms with Gasteiger partial charge in [-0.05, 0) is 0 Å². The fraction of sp³-hybridized carbons (Fsp3) is 0.600. The van der Waals surface area contributed by atoms with Crippen LogP contribution >= 0.6 is 0 Å². The van der Waals surface area contributed by atoms with Crippen molar-refractivity contribution in [3.05, 3.63) is 6.92 Å². The minimum absolute atomic E-state index is 1.44. The number of hydrogen-bond donors (Lipinski definition) is 0. The maximum atomic E-state index is 12.0. The van der Waals surface area contributed by atoms with E-state index in [0.29, 0.717) is 0 Å². The van der Waals surface area contributed by atoms with Gasteiger partial charge in [0.05, 0.1) is 0 Å². The molecule has 0 saturated heterocycles. The molecule has 0 aliphatic carbocycles. The van der Waals surface area contributed by atoms with E-state index in [1.165, 1.54) is 6.92 Å². The minimum Gasteiger partial charge on any atom is -0.240 e. The third kappa shape index (κ3) is 1.70. The predicted octanol–water partition coefficient (Wildman–Crippen LogP) is 1.68. The Morgan fingerprint density at radius 2 is 1.31 bits per heavy atom. The molecule has 0 aliphatic heterocycles. The highest BCUT2D eigenvalue weighted by atomic mass is 19.3. The maximum Gasteiger partial charge on any atom is 0.431 e. The van der Waals surface area contributed by atoms with Crippen LogP contribution in [0.2, 0.25) is 0 Å². The molecule has 0 aromatic carbocycles. The molecular weight excluding hydrogens is 206 g/mol. The minimum atomic E-state index is -6.08. The first-order chi connectivity index (χ1) is 5.44. The van der Waals surface area contributed by atoms with Gasteiger partial charge in [0.2, 0.25) is 0 Å². The van der Waals surface area contributed by atoms with Gasteiger partial charge in [-0.3, -0.25) is 0 Å². The van der Waals surface area contributed by atoms with Crippen LogP contribution in [0.3, 0.4) is 0 Å². The average Bonchev–Trinajstić information content (AvgIpc) is 1.84. The van der Waals surface area contributed by atoms with Crippen molar-refractivity contribution in [2.24, 2.45) is 0 Å². The summed E-state index contributed by atoms with van der Waals surface area (Å²) in [6.45, 7) is 1.44. The molecule has 0 rings (SSSR count). The highest BCUT2D eigenvalue weighted by molar-refractivity contribution is 5.76. The van der Waals surface area contributed by atoms with Crippen molar-refractivity contribution in [1.82, 2.24) is 0 Å². The van der Waals surface area contributed by atoms with Crippen molar-refractivity contribution in [2.75, 3.05) is 0 Å². The molecule has 0 saturated carbocycles. The van der Waals surface area contributed by atoms with E-state index in [1.54, 1.807) is 0 Å². The summed E-state index contributed by atoms with van der Waals surface area (Å²) >= 11 is 0. The first-order valence-electron chi connectivity index (χ1n) is 2.65. The normalized spacial score (nSPS) is 14.4. The standard InChI is InChI=1S/C5H2F6O2/c1-3(6,7)5(10,11)4(8,9)2(12)13/h1H2. The van der Waals surface area contributed by atoms with Gasteiger partial charge in [-0.2, -0.15) is 26.3 Å². The number of halogens is 6. The van der Waals surface area contributed by atoms with Gasteiger partial charge in [0.15, 0.2) is 0 Å². The molecule has 0 N–H and O–H groups in total. The van der Waals surface area contributed by atoms with E-state index in [1.807, 2.05) is 0 Å². The Labute approximate surface area is 68.1 Å². The van der Waals surface area contributed by atoms with Gasteiger partial charge >= 0.3 is 23.7 Å². The van der Waals surface area contributed by atoms with E-state index in [9.17, 15) is 36.2 Å². The molecule has 0 bridgehead atoms. The van der Waals surface area contributed by atoms with Crippen LogP contribution < -0.4 is 0 Å². The summed E-state index contributed by atoms with van der Waals surface area (Å²) in [5.41, 5.74) is 0. The Balaban J connectivity index is 5.16. The van der Waals surface area contributed by atoms with Gasteiger partial charge < -0.3 is 0 Å². The Morgan fingerprint density at radius 1 is 1.00 bits per heavy atom. The molecule has 8 heteroatoms. The third-order valence-electron chi connectivity index (χ3n) is 1.11. The van der Waals surface area contributed by atoms with Crippen LogP contribution in [-0.4, -0.2) is 23.7 Å². The molecule has 0 atom stereocenters. The zero-order chi connectivity index (χ0) is 11.1. The van der Waals surface area contributed by atoms with Crippen LogP contribution in [0.4, 0.5) is 26.3 Å². The van der Waals surface area contributed by atoms with Gasteiger partial charge in [-0.1, -0.05) is 0 Å². The van der Waals surface area contributed by atoms with E-state index in [2.05, 4.69) is 0 Å². The highest BCUT2D eigenvalue weighted by Crippen LogP contribution is 2.45. The fourth-order valence-electron chi connectivity index (χ4n) is 0.358. The average molecular weight is 208 g/mol. The molecule has 0 spiro atoms. The van der Waals surface area contributed by atoms with Crippen molar-refractivity contribution in [3.63, 3.8) is 0 Å². The lowest BCUT2D eigenvalue weighted by Gasteiger charge is -2.26. The van der Waals surface area contributed by atoms with Gasteiger partial charge in [0.25, 0.3) is 0 Å². The zero-order valence-corrected chi connectivity index (χ0v) is 5.79. The van der Waals surface area contributed by atoms with E-state index >= 15 is 0 Å². The smallest absolute Gasteiger partial charge is 0.240 e. The molecule has 0 aromatic rings. The lowest BCUT2D eigenvalue weighted by molar-refractivity contribution is -0.291. The second kappa shape index (κ2) is 2.78. The fourth-order valence-corrected chi connectivity index (χ4v) is 0.358. The molecule has 2 radical (unpaired) electrons. The number of alkyl halides is 6. The van der Waals surface area contributed by atoms with Crippen molar-refractivity contribution in [1.29, 1.82) is 0 Å². The van der Waals surface area contributed by atoms with Crippen LogP contribution in [0.25, 0.3) is 0 Å². The number of hydrogen-bond acceptors (Lipinski definition) is 1. The van der Waals surface area contributed by atoms with Gasteiger partial charge in [-0.25, -0.2) is 9.90 Å². The summed E-state index contributed by atoms with van der Waals surface area (Å²) in [7, 11) is 0. The van der Waals surface area contributed by atoms with Gasteiger partial charge in [-0.15, -0.1) is 0 Å². The van der Waals surface area contributed by atoms with Crippen molar-refractivity contribution >= 4 is 5.97 Å². The lowest BCUT2D eigenvalue weighted by atomic mass is 10.1. The topological polar surface area (TPSA) is 37.0 Å². The SMILES string of the molecule is [CH2]C(F)(F)C(F)(F)C(F)(F)C([O])=O. The third-order valence-corrected chi connectivity index (χ3v) is 1.11. The second-order valence-corrected chi connectivity index (χ2v) is 2.14. The number of carbonyl (C=O) groups excluding carboxylic acids is 1. The molecule has 2 nitrogen and oxygen atoms in total. The molecule has 0 amide bonds. The Hall–Kier alpha value is -0.950. The molecule has 0 fully saturated rings. The Morgan fingerprint density at radius 3 is 1.38 bits per heavy atom. The van der Waals surface area contributed by atoms with E-state index < -0.39 is 23.7 Å². The van der Waals surface area contributed by atoms with Gasteiger partial charge in [0.1, 0.15) is 0 Å². The molecule has 13 heavy (non-hydrogen) atoms. The number of rotatable bonds is 3. The first kappa shape index (κ1) is 12.0. The van der Waals surface area contributed by atoms with E-state index in [0.717, 1.165) is 0 Å². The largest absolute Gasteiger partial charge is 0.431 e. The van der Waals surface area contributed by atoms with E-state index in [-0.39, 0.29) is 0 Å². The van der Waals surface area contributed by atoms with Crippen LogP contribution in [0.5, 0.6) is 0 Å². The molecule has 0 unspecified atom stereocenters. The van der Waals surface area contributed by atoms with E-state index in [4.69, 9.17) is 0 Å². The molecule has 0 aromatic heterocycles. The predicted molar refractivity (Wildman–Crippen MR) is 25.9 cm³/mol. The van der Waals surface area contributed by atoms with Gasteiger partial charge in [0, 0.05) is 6.92 Å². The quantitative estimate of drug-likeness (QED) is 0.650. The Kier molecular flexibility index (Phi) is 2.57. The monoisotopic (exact) mass is 208 g/mol. The first-order valence-corrected chi connectivity index (χ1v) is 2.65. The molecule has 0 heterocycles. The van der Waals surface area contributed by atoms with Crippen molar-refractivity contribution in [3.8, 4) is 0 Å². The maximum absolute atomic E-state index is 12.0. The Bertz CT molecular complexity index is 218. The molecule has 0 aliphatic rings. The summed E-state index contributed by atoms with van der Waals surface area (Å²) in [6.07, 6.45) is 0. The molecule has 76 valence electrons. The summed E-state index contributed by atoms with van der Waals surface area (Å²) in [5, 5.41) is 9.41. The molecular formula is C5H2F6O2. The summed E-state index contributed by atoms with van der Waals surface area (Å²) in [6, 6.07) is 0. The second-order valence-electron chi connectivity index (χ2n) is 2.14. The highest BCUT2D eigenvalue weighted by Gasteiger charge is 2.74. The lowest BCUT2D eigenvalue weighted by Crippen LogP contribution is -2.56. The summed E-state index contributed by atoms with van der Waals surface area (Å²) < 4.78 is 71.2. The summed E-state index contributed by atoms with van der Waals surface area (Å²) in [4.78, 5) is 9.41.